The van der Waals surface area contributed by atoms with Gasteiger partial charge in [0.15, 0.2) is 0 Å². The Kier molecular flexibility index (Phi) is 9.12. The SMILES string of the molecule is CCCN(CCC)CCN(C)CC(C)C. The van der Waals surface area contributed by atoms with Crippen molar-refractivity contribution >= 4 is 0 Å². The first-order valence-electron chi connectivity index (χ1n) is 6.51. The van der Waals surface area contributed by atoms with Crippen molar-refractivity contribution in [2.75, 3.05) is 39.8 Å². The molecule has 0 aromatic heterocycles. The predicted octanol–water partition coefficient (Wildman–Crippen LogP) is 2.70. The van der Waals surface area contributed by atoms with E-state index in [1.807, 2.05) is 0 Å². The minimum Gasteiger partial charge on any atom is -0.305 e. The van der Waals surface area contributed by atoms with Crippen LogP contribution in [0.2, 0.25) is 0 Å². The average Bonchev–Trinajstić information content (AvgIpc) is 2.14. The number of nitrogens with zero attached hydrogens (tertiary/aromatic N) is 2. The number of rotatable bonds is 9. The fourth-order valence-corrected chi connectivity index (χ4v) is 1.99. The van der Waals surface area contributed by atoms with Crippen molar-refractivity contribution in [3.05, 3.63) is 0 Å². The summed E-state index contributed by atoms with van der Waals surface area (Å²) in [5, 5.41) is 0. The smallest absolute Gasteiger partial charge is 0.0109 e. The summed E-state index contributed by atoms with van der Waals surface area (Å²) < 4.78 is 0. The summed E-state index contributed by atoms with van der Waals surface area (Å²) in [6, 6.07) is 0. The Bertz CT molecular complexity index is 128. The van der Waals surface area contributed by atoms with E-state index >= 15 is 0 Å². The minimum atomic E-state index is 0.779. The van der Waals surface area contributed by atoms with Crippen LogP contribution in [0.3, 0.4) is 0 Å². The van der Waals surface area contributed by atoms with Gasteiger partial charge in [0.1, 0.15) is 0 Å². The fraction of sp³-hybridized carbons (Fsp3) is 1.00. The standard InChI is InChI=1S/C13H30N2/c1-6-8-15(9-7-2)11-10-14(5)12-13(3)4/h13H,6-12H2,1-5H3. The molecule has 0 N–H and O–H groups in total. The van der Waals surface area contributed by atoms with Crippen LogP contribution in [0.4, 0.5) is 0 Å². The van der Waals surface area contributed by atoms with E-state index in [0.717, 1.165) is 5.92 Å². The molecule has 0 saturated carbocycles. The Morgan fingerprint density at radius 3 is 1.80 bits per heavy atom. The van der Waals surface area contributed by atoms with Crippen molar-refractivity contribution in [2.45, 2.75) is 40.5 Å². The van der Waals surface area contributed by atoms with Crippen LogP contribution in [0.5, 0.6) is 0 Å². The number of hydrogen-bond acceptors (Lipinski definition) is 2. The number of likely N-dealkylation sites (N-methyl/N-ethyl adjacent to an activating group) is 1. The topological polar surface area (TPSA) is 6.48 Å². The van der Waals surface area contributed by atoms with Gasteiger partial charge in [-0.2, -0.15) is 0 Å². The molecule has 0 rings (SSSR count). The first kappa shape index (κ1) is 14.9. The van der Waals surface area contributed by atoms with E-state index in [0.29, 0.717) is 0 Å². The molecule has 0 aromatic carbocycles. The van der Waals surface area contributed by atoms with Gasteiger partial charge in [0.05, 0.1) is 0 Å². The average molecular weight is 214 g/mol. The Morgan fingerprint density at radius 2 is 1.40 bits per heavy atom. The quantitative estimate of drug-likeness (QED) is 0.582. The third kappa shape index (κ3) is 8.88. The zero-order valence-electron chi connectivity index (χ0n) is 11.4. The normalized spacial score (nSPS) is 12.0. The summed E-state index contributed by atoms with van der Waals surface area (Å²) in [5.41, 5.74) is 0. The predicted molar refractivity (Wildman–Crippen MR) is 69.4 cm³/mol. The summed E-state index contributed by atoms with van der Waals surface area (Å²) in [4.78, 5) is 5.03. The molecule has 0 aromatic rings. The van der Waals surface area contributed by atoms with Crippen molar-refractivity contribution in [1.82, 2.24) is 9.80 Å². The summed E-state index contributed by atoms with van der Waals surface area (Å²) in [5.74, 6) is 0.779. The van der Waals surface area contributed by atoms with Crippen LogP contribution in [-0.2, 0) is 0 Å². The van der Waals surface area contributed by atoms with E-state index in [4.69, 9.17) is 0 Å². The van der Waals surface area contributed by atoms with Crippen molar-refractivity contribution in [1.29, 1.82) is 0 Å². The molecule has 0 aliphatic carbocycles. The molecule has 0 atom stereocenters. The van der Waals surface area contributed by atoms with Crippen molar-refractivity contribution < 1.29 is 0 Å². The Morgan fingerprint density at radius 1 is 0.867 bits per heavy atom. The van der Waals surface area contributed by atoms with Gasteiger partial charge in [-0.05, 0) is 38.9 Å². The van der Waals surface area contributed by atoms with Crippen molar-refractivity contribution in [3.8, 4) is 0 Å². The third-order valence-corrected chi connectivity index (χ3v) is 2.55. The molecule has 0 fully saturated rings. The zero-order chi connectivity index (χ0) is 11.7. The third-order valence-electron chi connectivity index (χ3n) is 2.55. The second kappa shape index (κ2) is 9.17. The first-order valence-corrected chi connectivity index (χ1v) is 6.51. The molecule has 0 aliphatic rings. The fourth-order valence-electron chi connectivity index (χ4n) is 1.99. The molecule has 0 unspecified atom stereocenters. The largest absolute Gasteiger partial charge is 0.305 e. The molecular formula is C13H30N2. The summed E-state index contributed by atoms with van der Waals surface area (Å²) in [6.07, 6.45) is 2.54. The second-order valence-electron chi connectivity index (χ2n) is 5.00. The molecule has 0 saturated heterocycles. The summed E-state index contributed by atoms with van der Waals surface area (Å²) in [7, 11) is 2.23. The molecule has 92 valence electrons. The molecule has 0 amide bonds. The maximum atomic E-state index is 2.58. The highest BCUT2D eigenvalue weighted by molar-refractivity contribution is 4.61. The molecule has 0 radical (unpaired) electrons. The Hall–Kier alpha value is -0.0800. The lowest BCUT2D eigenvalue weighted by atomic mass is 10.2. The Labute approximate surface area is 96.6 Å². The van der Waals surface area contributed by atoms with E-state index in [1.54, 1.807) is 0 Å². The molecule has 15 heavy (non-hydrogen) atoms. The molecule has 0 heterocycles. The van der Waals surface area contributed by atoms with E-state index in [9.17, 15) is 0 Å². The number of hydrogen-bond donors (Lipinski definition) is 0. The highest BCUT2D eigenvalue weighted by atomic mass is 15.2. The molecule has 0 aliphatic heterocycles. The maximum Gasteiger partial charge on any atom is 0.0109 e. The van der Waals surface area contributed by atoms with Gasteiger partial charge in [-0.15, -0.1) is 0 Å². The van der Waals surface area contributed by atoms with Gasteiger partial charge in [-0.25, -0.2) is 0 Å². The second-order valence-corrected chi connectivity index (χ2v) is 5.00. The van der Waals surface area contributed by atoms with Crippen LogP contribution in [0.15, 0.2) is 0 Å². The van der Waals surface area contributed by atoms with Gasteiger partial charge < -0.3 is 9.80 Å². The van der Waals surface area contributed by atoms with Crippen molar-refractivity contribution in [2.24, 2.45) is 5.92 Å². The molecule has 0 spiro atoms. The summed E-state index contributed by atoms with van der Waals surface area (Å²) in [6.45, 7) is 15.3. The monoisotopic (exact) mass is 214 g/mol. The lowest BCUT2D eigenvalue weighted by Crippen LogP contribution is -2.35. The highest BCUT2D eigenvalue weighted by Gasteiger charge is 2.05. The van der Waals surface area contributed by atoms with Crippen LogP contribution in [0, 0.1) is 5.92 Å². The van der Waals surface area contributed by atoms with Gasteiger partial charge in [0.25, 0.3) is 0 Å². The first-order chi connectivity index (χ1) is 7.10. The maximum absolute atomic E-state index is 2.58. The van der Waals surface area contributed by atoms with Gasteiger partial charge in [-0.1, -0.05) is 27.7 Å². The van der Waals surface area contributed by atoms with Crippen LogP contribution < -0.4 is 0 Å². The Balaban J connectivity index is 3.67. The van der Waals surface area contributed by atoms with E-state index in [1.165, 1.54) is 45.6 Å². The van der Waals surface area contributed by atoms with Crippen LogP contribution in [0.1, 0.15) is 40.5 Å². The molecule has 2 heteroatoms. The van der Waals surface area contributed by atoms with Gasteiger partial charge in [-0.3, -0.25) is 0 Å². The van der Waals surface area contributed by atoms with Gasteiger partial charge in [0.2, 0.25) is 0 Å². The molecule has 0 bridgehead atoms. The molecular weight excluding hydrogens is 184 g/mol. The van der Waals surface area contributed by atoms with Crippen molar-refractivity contribution in [3.63, 3.8) is 0 Å². The van der Waals surface area contributed by atoms with Crippen LogP contribution in [-0.4, -0.2) is 49.6 Å². The van der Waals surface area contributed by atoms with E-state index in [2.05, 4.69) is 44.5 Å². The van der Waals surface area contributed by atoms with Crippen LogP contribution in [0.25, 0.3) is 0 Å². The van der Waals surface area contributed by atoms with E-state index in [-0.39, 0.29) is 0 Å². The van der Waals surface area contributed by atoms with Crippen LogP contribution >= 0.6 is 0 Å². The van der Waals surface area contributed by atoms with Gasteiger partial charge >= 0.3 is 0 Å². The van der Waals surface area contributed by atoms with Gasteiger partial charge in [0, 0.05) is 19.6 Å². The minimum absolute atomic E-state index is 0.779. The van der Waals surface area contributed by atoms with E-state index < -0.39 is 0 Å². The lowest BCUT2D eigenvalue weighted by molar-refractivity contribution is 0.214. The lowest BCUT2D eigenvalue weighted by Gasteiger charge is -2.25. The zero-order valence-corrected chi connectivity index (χ0v) is 11.4. The summed E-state index contributed by atoms with van der Waals surface area (Å²) >= 11 is 0. The molecule has 2 nitrogen and oxygen atoms in total. The highest BCUT2D eigenvalue weighted by Crippen LogP contribution is 1.98.